The number of unbranched alkanes of at least 4 members (excludes halogenated alkanes) is 2. The molecule has 1 amide bonds. The Bertz CT molecular complexity index is 1510. The summed E-state index contributed by atoms with van der Waals surface area (Å²) in [5.74, 6) is 0.538. The third-order valence-electron chi connectivity index (χ3n) is 6.79. The molecule has 1 atom stereocenters. The largest absolute Gasteiger partial charge is 0.494 e. The molecule has 4 aromatic rings. The van der Waals surface area contributed by atoms with E-state index < -0.39 is 6.04 Å². The summed E-state index contributed by atoms with van der Waals surface area (Å²) in [5.41, 5.74) is 4.13. The average molecular weight is 546 g/mol. The summed E-state index contributed by atoms with van der Waals surface area (Å²) in [4.78, 5) is 29.3. The molecule has 0 spiro atoms. The van der Waals surface area contributed by atoms with Crippen LogP contribution in [0.1, 0.15) is 65.0 Å². The van der Waals surface area contributed by atoms with Crippen molar-refractivity contribution in [1.29, 1.82) is 0 Å². The smallest absolute Gasteiger partial charge is 0.295 e. The Kier molecular flexibility index (Phi) is 6.71. The van der Waals surface area contributed by atoms with Crippen molar-refractivity contribution in [2.24, 2.45) is 0 Å². The van der Waals surface area contributed by atoms with Gasteiger partial charge in [-0.3, -0.25) is 14.5 Å². The molecule has 5 nitrogen and oxygen atoms in total. The molecule has 184 valence electrons. The number of benzene rings is 3. The molecule has 36 heavy (non-hydrogen) atoms. The molecule has 1 unspecified atom stereocenters. The van der Waals surface area contributed by atoms with E-state index in [2.05, 4.69) is 22.9 Å². The van der Waals surface area contributed by atoms with Gasteiger partial charge in [-0.2, -0.15) is 0 Å². The molecule has 0 saturated heterocycles. The lowest BCUT2D eigenvalue weighted by molar-refractivity contribution is 0.0971. The van der Waals surface area contributed by atoms with Crippen LogP contribution in [0.3, 0.4) is 0 Å². The summed E-state index contributed by atoms with van der Waals surface area (Å²) >= 11 is 3.51. The van der Waals surface area contributed by atoms with Crippen LogP contribution in [0, 0.1) is 13.8 Å². The molecule has 0 aliphatic carbocycles. The standard InChI is InChI=1S/C30H28BrNO4/c1-4-5-6-14-35-23-12-10-20(11-13-23)27-26-28(33)24-15-18(2)19(3)16-25(24)36-29(26)30(34)32(27)22-9-7-8-21(31)17-22/h7-13,15-17,27H,4-6,14H2,1-3H3. The van der Waals surface area contributed by atoms with Crippen LogP contribution in [0.25, 0.3) is 11.0 Å². The SMILES string of the molecule is CCCCCOc1ccc(C2c3c(oc4cc(C)c(C)cc4c3=O)C(=O)N2c2cccc(Br)c2)cc1. The van der Waals surface area contributed by atoms with E-state index in [-0.39, 0.29) is 17.1 Å². The van der Waals surface area contributed by atoms with Gasteiger partial charge >= 0.3 is 0 Å². The number of carbonyl (C=O) groups excluding carboxylic acids is 1. The number of amides is 1. The summed E-state index contributed by atoms with van der Waals surface area (Å²) in [6, 6.07) is 18.3. The second-order valence-corrected chi connectivity index (χ2v) is 10.2. The minimum absolute atomic E-state index is 0.0978. The maximum atomic E-state index is 13.9. The molecule has 1 aromatic heterocycles. The van der Waals surface area contributed by atoms with E-state index in [4.69, 9.17) is 9.15 Å². The van der Waals surface area contributed by atoms with Crippen LogP contribution in [0.4, 0.5) is 5.69 Å². The first-order chi connectivity index (χ1) is 17.4. The number of hydrogen-bond acceptors (Lipinski definition) is 4. The van der Waals surface area contributed by atoms with Crippen LogP contribution in [-0.4, -0.2) is 12.5 Å². The van der Waals surface area contributed by atoms with Crippen LogP contribution in [0.15, 0.2) is 74.3 Å². The van der Waals surface area contributed by atoms with Crippen molar-refractivity contribution < 1.29 is 13.9 Å². The number of nitrogens with zero attached hydrogens (tertiary/aromatic N) is 1. The molecular weight excluding hydrogens is 518 g/mol. The van der Waals surface area contributed by atoms with Gasteiger partial charge < -0.3 is 9.15 Å². The second kappa shape index (κ2) is 9.94. The molecule has 6 heteroatoms. The molecule has 1 aliphatic heterocycles. The first kappa shape index (κ1) is 24.3. The fourth-order valence-electron chi connectivity index (χ4n) is 4.72. The summed E-state index contributed by atoms with van der Waals surface area (Å²) in [7, 11) is 0. The lowest BCUT2D eigenvalue weighted by Gasteiger charge is -2.25. The molecule has 0 bridgehead atoms. The number of fused-ring (bicyclic) bond motifs is 2. The number of carbonyl (C=O) groups is 1. The molecule has 0 N–H and O–H groups in total. The third-order valence-corrected chi connectivity index (χ3v) is 7.28. The van der Waals surface area contributed by atoms with Crippen LogP contribution in [-0.2, 0) is 0 Å². The highest BCUT2D eigenvalue weighted by Crippen LogP contribution is 2.42. The van der Waals surface area contributed by atoms with E-state index in [0.717, 1.165) is 46.2 Å². The Hall–Kier alpha value is -3.38. The van der Waals surface area contributed by atoms with Gasteiger partial charge in [0.1, 0.15) is 11.3 Å². The fraction of sp³-hybridized carbons (Fsp3) is 0.267. The zero-order valence-corrected chi connectivity index (χ0v) is 22.2. The second-order valence-electron chi connectivity index (χ2n) is 9.29. The quantitative estimate of drug-likeness (QED) is 0.226. The predicted octanol–water partition coefficient (Wildman–Crippen LogP) is 7.49. The van der Waals surface area contributed by atoms with E-state index in [1.54, 1.807) is 4.90 Å². The summed E-state index contributed by atoms with van der Waals surface area (Å²) in [6.07, 6.45) is 3.27. The van der Waals surface area contributed by atoms with Crippen molar-refractivity contribution in [3.05, 3.63) is 103 Å². The van der Waals surface area contributed by atoms with Gasteiger partial charge in [0.2, 0.25) is 5.76 Å². The van der Waals surface area contributed by atoms with Crippen molar-refractivity contribution in [3.63, 3.8) is 0 Å². The van der Waals surface area contributed by atoms with Crippen molar-refractivity contribution in [2.45, 2.75) is 46.1 Å². The number of anilines is 1. The highest BCUT2D eigenvalue weighted by Gasteiger charge is 2.43. The number of hydrogen-bond donors (Lipinski definition) is 0. The Morgan fingerprint density at radius 2 is 1.72 bits per heavy atom. The topological polar surface area (TPSA) is 59.8 Å². The van der Waals surface area contributed by atoms with Gasteiger partial charge in [0.15, 0.2) is 5.43 Å². The highest BCUT2D eigenvalue weighted by molar-refractivity contribution is 9.10. The van der Waals surface area contributed by atoms with E-state index in [0.29, 0.717) is 28.8 Å². The van der Waals surface area contributed by atoms with Crippen LogP contribution < -0.4 is 15.1 Å². The first-order valence-corrected chi connectivity index (χ1v) is 13.1. The van der Waals surface area contributed by atoms with Gasteiger partial charge in [0.25, 0.3) is 5.91 Å². The van der Waals surface area contributed by atoms with Crippen molar-refractivity contribution >= 4 is 38.5 Å². The van der Waals surface area contributed by atoms with Crippen LogP contribution in [0.2, 0.25) is 0 Å². The molecule has 1 aliphatic rings. The number of ether oxygens (including phenoxy) is 1. The Balaban J connectivity index is 1.64. The fourth-order valence-corrected chi connectivity index (χ4v) is 5.11. The van der Waals surface area contributed by atoms with Gasteiger partial charge in [-0.15, -0.1) is 0 Å². The van der Waals surface area contributed by atoms with E-state index >= 15 is 0 Å². The minimum Gasteiger partial charge on any atom is -0.494 e. The molecule has 0 fully saturated rings. The van der Waals surface area contributed by atoms with Crippen LogP contribution in [0.5, 0.6) is 5.75 Å². The van der Waals surface area contributed by atoms with Gasteiger partial charge in [-0.05, 0) is 79.4 Å². The lowest BCUT2D eigenvalue weighted by atomic mass is 9.97. The van der Waals surface area contributed by atoms with Gasteiger partial charge in [-0.1, -0.05) is 53.9 Å². The van der Waals surface area contributed by atoms with E-state index in [9.17, 15) is 9.59 Å². The third kappa shape index (κ3) is 4.35. The summed E-state index contributed by atoms with van der Waals surface area (Å²) < 4.78 is 12.9. The molecule has 0 radical (unpaired) electrons. The monoisotopic (exact) mass is 545 g/mol. The summed E-state index contributed by atoms with van der Waals surface area (Å²) in [5, 5.41) is 0.488. The number of aryl methyl sites for hydroxylation is 2. The first-order valence-electron chi connectivity index (χ1n) is 12.3. The van der Waals surface area contributed by atoms with Crippen LogP contribution >= 0.6 is 15.9 Å². The van der Waals surface area contributed by atoms with E-state index in [1.807, 2.05) is 74.5 Å². The van der Waals surface area contributed by atoms with Crippen molar-refractivity contribution in [2.75, 3.05) is 11.5 Å². The molecule has 5 rings (SSSR count). The maximum absolute atomic E-state index is 13.9. The predicted molar refractivity (Wildman–Crippen MR) is 146 cm³/mol. The van der Waals surface area contributed by atoms with Gasteiger partial charge in [0, 0.05) is 10.2 Å². The molecular formula is C30H28BrNO4. The molecule has 3 aromatic carbocycles. The van der Waals surface area contributed by atoms with Crippen molar-refractivity contribution in [1.82, 2.24) is 0 Å². The molecule has 0 saturated carbocycles. The number of rotatable bonds is 7. The highest BCUT2D eigenvalue weighted by atomic mass is 79.9. The Morgan fingerprint density at radius 3 is 2.44 bits per heavy atom. The minimum atomic E-state index is -0.613. The van der Waals surface area contributed by atoms with E-state index in [1.165, 1.54) is 0 Å². The average Bonchev–Trinajstić information content (AvgIpc) is 3.16. The zero-order chi connectivity index (χ0) is 25.4. The van der Waals surface area contributed by atoms with Gasteiger partial charge in [0.05, 0.1) is 23.6 Å². The molecule has 2 heterocycles. The van der Waals surface area contributed by atoms with Crippen molar-refractivity contribution in [3.8, 4) is 5.75 Å². The Labute approximate surface area is 218 Å². The lowest BCUT2D eigenvalue weighted by Crippen LogP contribution is -2.29. The maximum Gasteiger partial charge on any atom is 0.295 e. The summed E-state index contributed by atoms with van der Waals surface area (Å²) in [6.45, 7) is 6.76. The normalized spacial score (nSPS) is 14.9. The zero-order valence-electron chi connectivity index (χ0n) is 20.6. The number of halogens is 1. The van der Waals surface area contributed by atoms with Gasteiger partial charge in [-0.25, -0.2) is 0 Å². The Morgan fingerprint density at radius 1 is 0.972 bits per heavy atom.